The number of aliphatic imine (C=N–C) groups is 1. The van der Waals surface area contributed by atoms with Crippen LogP contribution in [0.5, 0.6) is 0 Å². The molecule has 1 aromatic carbocycles. The van der Waals surface area contributed by atoms with Gasteiger partial charge in [0.1, 0.15) is 0 Å². The van der Waals surface area contributed by atoms with Crippen LogP contribution in [0.2, 0.25) is 0 Å². The Labute approximate surface area is 98.1 Å². The van der Waals surface area contributed by atoms with E-state index < -0.39 is 0 Å². The summed E-state index contributed by atoms with van der Waals surface area (Å²) in [6.07, 6.45) is 1.07. The molecule has 0 spiro atoms. The molecule has 0 radical (unpaired) electrons. The molecule has 15 heavy (non-hydrogen) atoms. The molecule has 1 aliphatic heterocycles. The standard InChI is InChI=1S/C10H13N3S2/c11-9-12-10(13-15-9)14-7-6-8-4-2-1-3-5-8/h1-5,10,13H,6-7H2,(H2,11,12). The fourth-order valence-corrected chi connectivity index (χ4v) is 2.96. The number of hydrogen-bond acceptors (Lipinski definition) is 5. The van der Waals surface area contributed by atoms with E-state index in [0.717, 1.165) is 12.2 Å². The van der Waals surface area contributed by atoms with E-state index in [4.69, 9.17) is 5.73 Å². The highest BCUT2D eigenvalue weighted by Gasteiger charge is 2.14. The van der Waals surface area contributed by atoms with Gasteiger partial charge >= 0.3 is 0 Å². The summed E-state index contributed by atoms with van der Waals surface area (Å²) in [7, 11) is 0. The second-order valence-electron chi connectivity index (χ2n) is 3.15. The van der Waals surface area contributed by atoms with Crippen molar-refractivity contribution in [2.75, 3.05) is 5.75 Å². The average molecular weight is 239 g/mol. The summed E-state index contributed by atoms with van der Waals surface area (Å²) < 4.78 is 3.14. The third kappa shape index (κ3) is 3.44. The Hall–Kier alpha value is -0.650. The lowest BCUT2D eigenvalue weighted by molar-refractivity contribution is 0.930. The first-order valence-corrected chi connectivity index (χ1v) is 6.62. The molecule has 5 heteroatoms. The summed E-state index contributed by atoms with van der Waals surface area (Å²) in [4.78, 5) is 4.23. The Morgan fingerprint density at radius 3 is 2.87 bits per heavy atom. The van der Waals surface area contributed by atoms with E-state index >= 15 is 0 Å². The normalized spacial score (nSPS) is 20.3. The van der Waals surface area contributed by atoms with Gasteiger partial charge in [-0.05, 0) is 23.9 Å². The van der Waals surface area contributed by atoms with Crippen molar-refractivity contribution in [3.05, 3.63) is 35.9 Å². The number of thioether (sulfide) groups is 1. The van der Waals surface area contributed by atoms with Crippen LogP contribution in [0, 0.1) is 0 Å². The molecule has 0 aliphatic carbocycles. The largest absolute Gasteiger partial charge is 0.377 e. The van der Waals surface area contributed by atoms with Gasteiger partial charge in [-0.25, -0.2) is 9.71 Å². The molecule has 1 atom stereocenters. The van der Waals surface area contributed by atoms with E-state index in [1.165, 1.54) is 17.5 Å². The molecule has 0 amide bonds. The van der Waals surface area contributed by atoms with Crippen molar-refractivity contribution in [2.45, 2.75) is 11.9 Å². The zero-order chi connectivity index (χ0) is 10.5. The van der Waals surface area contributed by atoms with Crippen LogP contribution in [-0.4, -0.2) is 16.4 Å². The molecule has 0 aromatic heterocycles. The second kappa shape index (κ2) is 5.44. The maximum Gasteiger partial charge on any atom is 0.171 e. The lowest BCUT2D eigenvalue weighted by Crippen LogP contribution is -2.12. The number of nitrogens with two attached hydrogens (primary N) is 1. The predicted molar refractivity (Wildman–Crippen MR) is 68.7 cm³/mol. The van der Waals surface area contributed by atoms with Gasteiger partial charge in [-0.3, -0.25) is 0 Å². The summed E-state index contributed by atoms with van der Waals surface area (Å²) >= 11 is 3.19. The number of benzene rings is 1. The minimum Gasteiger partial charge on any atom is -0.377 e. The summed E-state index contributed by atoms with van der Waals surface area (Å²) in [6, 6.07) is 10.5. The third-order valence-corrected chi connectivity index (χ3v) is 3.80. The number of hydrogen-bond donors (Lipinski definition) is 2. The lowest BCUT2D eigenvalue weighted by Gasteiger charge is -2.05. The minimum absolute atomic E-state index is 0.124. The third-order valence-electron chi connectivity index (χ3n) is 2.02. The molecular weight excluding hydrogens is 226 g/mol. The van der Waals surface area contributed by atoms with Crippen LogP contribution in [-0.2, 0) is 6.42 Å². The van der Waals surface area contributed by atoms with Gasteiger partial charge in [0.15, 0.2) is 10.7 Å². The van der Waals surface area contributed by atoms with Crippen LogP contribution in [0.15, 0.2) is 35.3 Å². The van der Waals surface area contributed by atoms with Crippen molar-refractivity contribution in [2.24, 2.45) is 10.7 Å². The molecule has 0 fully saturated rings. The maximum absolute atomic E-state index is 5.55. The summed E-state index contributed by atoms with van der Waals surface area (Å²) in [6.45, 7) is 0. The number of nitrogens with one attached hydrogen (secondary N) is 1. The summed E-state index contributed by atoms with van der Waals surface area (Å²) in [5, 5.41) is 0.632. The van der Waals surface area contributed by atoms with Crippen LogP contribution in [0.25, 0.3) is 0 Å². The zero-order valence-corrected chi connectivity index (χ0v) is 9.85. The Bertz CT molecular complexity index is 340. The van der Waals surface area contributed by atoms with Crippen molar-refractivity contribution in [3.63, 3.8) is 0 Å². The van der Waals surface area contributed by atoms with E-state index in [-0.39, 0.29) is 5.50 Å². The Morgan fingerprint density at radius 1 is 1.40 bits per heavy atom. The highest BCUT2D eigenvalue weighted by atomic mass is 32.2. The van der Waals surface area contributed by atoms with Gasteiger partial charge in [-0.1, -0.05) is 30.3 Å². The molecule has 1 aromatic rings. The minimum atomic E-state index is 0.124. The molecule has 1 aliphatic rings. The number of nitrogens with zero attached hydrogens (tertiary/aromatic N) is 1. The highest BCUT2D eigenvalue weighted by Crippen LogP contribution is 2.19. The molecular formula is C10H13N3S2. The van der Waals surface area contributed by atoms with Crippen LogP contribution >= 0.6 is 23.7 Å². The molecule has 0 saturated carbocycles. The maximum atomic E-state index is 5.55. The van der Waals surface area contributed by atoms with Crippen molar-refractivity contribution in [1.29, 1.82) is 0 Å². The summed E-state index contributed by atoms with van der Waals surface area (Å²) in [5.41, 5.74) is 7.04. The van der Waals surface area contributed by atoms with E-state index in [1.54, 1.807) is 11.8 Å². The van der Waals surface area contributed by atoms with E-state index in [2.05, 4.69) is 34.0 Å². The Kier molecular flexibility index (Phi) is 3.94. The number of aryl methyl sites for hydroxylation is 1. The SMILES string of the molecule is NC1=NC(SCCc2ccccc2)NS1. The van der Waals surface area contributed by atoms with E-state index in [0.29, 0.717) is 5.17 Å². The topological polar surface area (TPSA) is 50.4 Å². The van der Waals surface area contributed by atoms with Crippen LogP contribution in [0.4, 0.5) is 0 Å². The number of amidine groups is 1. The van der Waals surface area contributed by atoms with Gasteiger partial charge in [0.25, 0.3) is 0 Å². The lowest BCUT2D eigenvalue weighted by atomic mass is 10.2. The molecule has 3 nitrogen and oxygen atoms in total. The first kappa shape index (κ1) is 10.9. The van der Waals surface area contributed by atoms with E-state index in [9.17, 15) is 0 Å². The zero-order valence-electron chi connectivity index (χ0n) is 8.22. The fraction of sp³-hybridized carbons (Fsp3) is 0.300. The fourth-order valence-electron chi connectivity index (χ4n) is 1.28. The molecule has 0 saturated heterocycles. The highest BCUT2D eigenvalue weighted by molar-refractivity contribution is 8.13. The van der Waals surface area contributed by atoms with Gasteiger partial charge in [-0.15, -0.1) is 11.8 Å². The van der Waals surface area contributed by atoms with Crippen molar-refractivity contribution in [1.82, 2.24) is 4.72 Å². The van der Waals surface area contributed by atoms with Gasteiger partial charge in [0.05, 0.1) is 0 Å². The van der Waals surface area contributed by atoms with Gasteiger partial charge in [0.2, 0.25) is 0 Å². The van der Waals surface area contributed by atoms with Gasteiger partial charge in [-0.2, -0.15) is 0 Å². The van der Waals surface area contributed by atoms with Crippen LogP contribution < -0.4 is 10.5 Å². The van der Waals surface area contributed by atoms with Crippen LogP contribution in [0.3, 0.4) is 0 Å². The van der Waals surface area contributed by atoms with Crippen LogP contribution in [0.1, 0.15) is 5.56 Å². The first-order chi connectivity index (χ1) is 7.34. The first-order valence-electron chi connectivity index (χ1n) is 4.76. The van der Waals surface area contributed by atoms with Crippen molar-refractivity contribution >= 4 is 28.9 Å². The summed E-state index contributed by atoms with van der Waals surface area (Å²) in [5.74, 6) is 1.05. The molecule has 1 unspecified atom stereocenters. The predicted octanol–water partition coefficient (Wildman–Crippen LogP) is 1.81. The van der Waals surface area contributed by atoms with Gasteiger partial charge < -0.3 is 5.73 Å². The molecule has 3 N–H and O–H groups in total. The smallest absolute Gasteiger partial charge is 0.171 e. The van der Waals surface area contributed by atoms with E-state index in [1.807, 2.05) is 6.07 Å². The quantitative estimate of drug-likeness (QED) is 0.787. The van der Waals surface area contributed by atoms with Crippen molar-refractivity contribution < 1.29 is 0 Å². The van der Waals surface area contributed by atoms with Gasteiger partial charge in [0, 0.05) is 5.75 Å². The molecule has 0 bridgehead atoms. The Morgan fingerprint density at radius 2 is 2.20 bits per heavy atom. The number of rotatable bonds is 4. The molecule has 1 heterocycles. The molecule has 2 rings (SSSR count). The Balaban J connectivity index is 1.72. The second-order valence-corrected chi connectivity index (χ2v) is 5.19. The molecule has 80 valence electrons. The van der Waals surface area contributed by atoms with Crippen molar-refractivity contribution in [3.8, 4) is 0 Å². The average Bonchev–Trinajstić information content (AvgIpc) is 2.66. The monoisotopic (exact) mass is 239 g/mol.